The third-order valence-corrected chi connectivity index (χ3v) is 3.97. The zero-order valence-electron chi connectivity index (χ0n) is 14.2. The zero-order valence-corrected chi connectivity index (χ0v) is 14.9. The minimum atomic E-state index is -0.602. The van der Waals surface area contributed by atoms with Gasteiger partial charge in [-0.15, -0.1) is 0 Å². The van der Waals surface area contributed by atoms with Crippen LogP contribution < -0.4 is 10.1 Å². The summed E-state index contributed by atoms with van der Waals surface area (Å²) < 4.78 is 5.77. The fourth-order valence-electron chi connectivity index (χ4n) is 2.59. The van der Waals surface area contributed by atoms with E-state index in [-0.39, 0.29) is 5.91 Å². The van der Waals surface area contributed by atoms with Crippen molar-refractivity contribution in [2.75, 3.05) is 5.32 Å². The molecule has 0 radical (unpaired) electrons. The van der Waals surface area contributed by atoms with E-state index < -0.39 is 6.10 Å². The Hall–Kier alpha value is -2.00. The van der Waals surface area contributed by atoms with Gasteiger partial charge >= 0.3 is 0 Å². The Morgan fingerprint density at radius 1 is 1.04 bits per heavy atom. The van der Waals surface area contributed by atoms with Gasteiger partial charge in [-0.25, -0.2) is 0 Å². The van der Waals surface area contributed by atoms with E-state index in [0.717, 1.165) is 22.4 Å². The number of carbonyl (C=O) groups excluding carboxylic acids is 1. The number of halogens is 1. The molecule has 23 heavy (non-hydrogen) atoms. The van der Waals surface area contributed by atoms with E-state index >= 15 is 0 Å². The predicted octanol–water partition coefficient (Wildman–Crippen LogP) is 4.98. The summed E-state index contributed by atoms with van der Waals surface area (Å²) in [4.78, 5) is 12.4. The molecule has 0 bridgehead atoms. The van der Waals surface area contributed by atoms with E-state index in [0.29, 0.717) is 10.8 Å². The van der Waals surface area contributed by atoms with Crippen LogP contribution in [0.15, 0.2) is 30.3 Å². The second-order valence-electron chi connectivity index (χ2n) is 5.93. The summed E-state index contributed by atoms with van der Waals surface area (Å²) in [6.45, 7) is 9.66. The van der Waals surface area contributed by atoms with Crippen molar-refractivity contribution in [1.29, 1.82) is 0 Å². The number of ether oxygens (including phenoxy) is 1. The molecule has 1 amide bonds. The van der Waals surface area contributed by atoms with Crippen LogP contribution in [0.2, 0.25) is 5.02 Å². The van der Waals surface area contributed by atoms with Crippen LogP contribution in [0.5, 0.6) is 5.75 Å². The van der Waals surface area contributed by atoms with Gasteiger partial charge in [0.25, 0.3) is 5.91 Å². The Morgan fingerprint density at radius 3 is 2.22 bits per heavy atom. The number of hydrogen-bond donors (Lipinski definition) is 1. The van der Waals surface area contributed by atoms with E-state index in [9.17, 15) is 4.79 Å². The van der Waals surface area contributed by atoms with Gasteiger partial charge in [-0.1, -0.05) is 29.3 Å². The van der Waals surface area contributed by atoms with Crippen LogP contribution in [0.25, 0.3) is 0 Å². The summed E-state index contributed by atoms with van der Waals surface area (Å²) in [6.07, 6.45) is -0.602. The number of rotatable bonds is 4. The first-order valence-corrected chi connectivity index (χ1v) is 7.97. The summed E-state index contributed by atoms with van der Waals surface area (Å²) in [6, 6.07) is 9.46. The van der Waals surface area contributed by atoms with Gasteiger partial charge in [-0.05, 0) is 69.5 Å². The van der Waals surface area contributed by atoms with Crippen molar-refractivity contribution in [3.63, 3.8) is 0 Å². The van der Waals surface area contributed by atoms with Crippen molar-refractivity contribution in [1.82, 2.24) is 0 Å². The molecule has 2 rings (SSSR count). The summed E-state index contributed by atoms with van der Waals surface area (Å²) in [5, 5.41) is 3.62. The number of hydrogen-bond acceptors (Lipinski definition) is 2. The van der Waals surface area contributed by atoms with E-state index in [1.165, 1.54) is 5.56 Å². The van der Waals surface area contributed by atoms with Gasteiger partial charge in [0.2, 0.25) is 0 Å². The Labute approximate surface area is 142 Å². The summed E-state index contributed by atoms with van der Waals surface area (Å²) in [7, 11) is 0. The minimum absolute atomic E-state index is 0.172. The highest BCUT2D eigenvalue weighted by Crippen LogP contribution is 2.25. The Kier molecular flexibility index (Phi) is 5.32. The molecule has 0 saturated heterocycles. The third kappa shape index (κ3) is 4.26. The predicted molar refractivity (Wildman–Crippen MR) is 95.6 cm³/mol. The molecule has 2 aromatic rings. The highest BCUT2D eigenvalue weighted by Gasteiger charge is 2.17. The fraction of sp³-hybridized carbons (Fsp3) is 0.316. The van der Waals surface area contributed by atoms with Crippen molar-refractivity contribution in [3.8, 4) is 5.75 Å². The van der Waals surface area contributed by atoms with Crippen LogP contribution in [0.1, 0.15) is 29.2 Å². The number of benzene rings is 2. The van der Waals surface area contributed by atoms with Crippen LogP contribution in [0.4, 0.5) is 5.69 Å². The van der Waals surface area contributed by atoms with Crippen molar-refractivity contribution in [2.24, 2.45) is 0 Å². The molecule has 0 fully saturated rings. The normalized spacial score (nSPS) is 11.9. The van der Waals surface area contributed by atoms with E-state index in [4.69, 9.17) is 16.3 Å². The van der Waals surface area contributed by atoms with Gasteiger partial charge in [-0.3, -0.25) is 4.79 Å². The van der Waals surface area contributed by atoms with Crippen LogP contribution in [-0.4, -0.2) is 12.0 Å². The van der Waals surface area contributed by atoms with Crippen LogP contribution in [-0.2, 0) is 4.79 Å². The Bertz CT molecular complexity index is 717. The molecule has 1 N–H and O–H groups in total. The van der Waals surface area contributed by atoms with E-state index in [2.05, 4.69) is 17.4 Å². The quantitative estimate of drug-likeness (QED) is 0.858. The lowest BCUT2D eigenvalue weighted by atomic mass is 10.0. The molecule has 0 aliphatic rings. The van der Waals surface area contributed by atoms with Gasteiger partial charge in [0, 0.05) is 10.7 Å². The number of aryl methyl sites for hydroxylation is 4. The second kappa shape index (κ2) is 7.05. The number of carbonyl (C=O) groups is 1. The maximum absolute atomic E-state index is 12.4. The SMILES string of the molecule is Cc1cc(C)c(NC(=O)C(C)Oc2ccc(Cl)cc2C)c(C)c1. The molecule has 0 spiro atoms. The van der Waals surface area contributed by atoms with Crippen LogP contribution in [0, 0.1) is 27.7 Å². The van der Waals surface area contributed by atoms with E-state index in [1.54, 1.807) is 19.1 Å². The minimum Gasteiger partial charge on any atom is -0.481 e. The molecule has 4 heteroatoms. The van der Waals surface area contributed by atoms with Crippen molar-refractivity contribution in [3.05, 3.63) is 57.6 Å². The lowest BCUT2D eigenvalue weighted by Gasteiger charge is -2.18. The number of nitrogens with one attached hydrogen (secondary N) is 1. The molecule has 1 atom stereocenters. The summed E-state index contributed by atoms with van der Waals surface area (Å²) >= 11 is 5.94. The lowest BCUT2D eigenvalue weighted by Crippen LogP contribution is -2.30. The highest BCUT2D eigenvalue weighted by molar-refractivity contribution is 6.30. The van der Waals surface area contributed by atoms with Gasteiger partial charge in [0.1, 0.15) is 5.75 Å². The van der Waals surface area contributed by atoms with Crippen LogP contribution >= 0.6 is 11.6 Å². The molecule has 0 saturated carbocycles. The Morgan fingerprint density at radius 2 is 1.65 bits per heavy atom. The molecule has 0 heterocycles. The molecule has 122 valence electrons. The maximum Gasteiger partial charge on any atom is 0.265 e. The monoisotopic (exact) mass is 331 g/mol. The molecule has 0 aliphatic heterocycles. The molecule has 0 aliphatic carbocycles. The first-order chi connectivity index (χ1) is 10.8. The smallest absolute Gasteiger partial charge is 0.265 e. The largest absolute Gasteiger partial charge is 0.481 e. The van der Waals surface area contributed by atoms with Gasteiger partial charge in [0.05, 0.1) is 0 Å². The van der Waals surface area contributed by atoms with Gasteiger partial charge in [-0.2, -0.15) is 0 Å². The van der Waals surface area contributed by atoms with Gasteiger partial charge in [0.15, 0.2) is 6.10 Å². The average Bonchev–Trinajstić information content (AvgIpc) is 2.45. The molecule has 2 aromatic carbocycles. The van der Waals surface area contributed by atoms with Crippen molar-refractivity contribution < 1.29 is 9.53 Å². The molecule has 1 unspecified atom stereocenters. The third-order valence-electron chi connectivity index (χ3n) is 3.74. The molecular formula is C19H22ClNO2. The van der Waals surface area contributed by atoms with Crippen molar-refractivity contribution in [2.45, 2.75) is 40.7 Å². The van der Waals surface area contributed by atoms with Gasteiger partial charge < -0.3 is 10.1 Å². The highest BCUT2D eigenvalue weighted by atomic mass is 35.5. The number of amides is 1. The fourth-order valence-corrected chi connectivity index (χ4v) is 2.82. The molecule has 0 aromatic heterocycles. The first kappa shape index (κ1) is 17.4. The Balaban J connectivity index is 2.11. The first-order valence-electron chi connectivity index (χ1n) is 7.59. The molecule has 3 nitrogen and oxygen atoms in total. The topological polar surface area (TPSA) is 38.3 Å². The summed E-state index contributed by atoms with van der Waals surface area (Å²) in [5.41, 5.74) is 5.03. The van der Waals surface area contributed by atoms with Crippen LogP contribution in [0.3, 0.4) is 0 Å². The van der Waals surface area contributed by atoms with E-state index in [1.807, 2.05) is 33.8 Å². The van der Waals surface area contributed by atoms with Crippen molar-refractivity contribution >= 4 is 23.2 Å². The maximum atomic E-state index is 12.4. The second-order valence-corrected chi connectivity index (χ2v) is 6.37. The molecular weight excluding hydrogens is 310 g/mol. The lowest BCUT2D eigenvalue weighted by molar-refractivity contribution is -0.122. The average molecular weight is 332 g/mol. The number of anilines is 1. The zero-order chi connectivity index (χ0) is 17.1. The standard InChI is InChI=1S/C19H22ClNO2/c1-11-8-13(3)18(14(4)9-11)21-19(22)15(5)23-17-7-6-16(20)10-12(17)2/h6-10,15H,1-5H3,(H,21,22). The summed E-state index contributed by atoms with van der Waals surface area (Å²) in [5.74, 6) is 0.490.